The molecule has 0 aliphatic carbocycles. The highest BCUT2D eigenvalue weighted by atomic mass is 32.2. The van der Waals surface area contributed by atoms with E-state index in [1.807, 2.05) is 25.1 Å². The number of fused-ring (bicyclic) bond motifs is 1. The number of nitrogens with zero attached hydrogens (tertiary/aromatic N) is 1. The van der Waals surface area contributed by atoms with Crippen molar-refractivity contribution in [2.45, 2.75) is 32.7 Å². The molecule has 1 aliphatic heterocycles. The Morgan fingerprint density at radius 1 is 1.32 bits per heavy atom. The van der Waals surface area contributed by atoms with Crippen LogP contribution in [0.3, 0.4) is 0 Å². The van der Waals surface area contributed by atoms with Crippen molar-refractivity contribution in [1.29, 1.82) is 0 Å². The molecule has 6 nitrogen and oxygen atoms in total. The summed E-state index contributed by atoms with van der Waals surface area (Å²) in [7, 11) is -3.02. The first-order valence-corrected chi connectivity index (χ1v) is 10.2. The third kappa shape index (κ3) is 3.76. The van der Waals surface area contributed by atoms with Crippen LogP contribution >= 0.6 is 0 Å². The number of H-pyrrole nitrogens is 1. The molecule has 1 aliphatic rings. The van der Waals surface area contributed by atoms with Crippen molar-refractivity contribution in [3.63, 3.8) is 0 Å². The van der Waals surface area contributed by atoms with Gasteiger partial charge in [-0.2, -0.15) is 0 Å². The fraction of sp³-hybridized carbons (Fsp3) is 0.444. The Hall–Kier alpha value is -2.15. The molecule has 1 aromatic carbocycles. The third-order valence-electron chi connectivity index (χ3n) is 4.76. The van der Waals surface area contributed by atoms with Crippen LogP contribution < -0.4 is 5.56 Å². The number of aromatic amines is 1. The summed E-state index contributed by atoms with van der Waals surface area (Å²) in [6, 6.07) is 7.11. The van der Waals surface area contributed by atoms with Crippen LogP contribution in [-0.2, 0) is 21.1 Å². The zero-order valence-corrected chi connectivity index (χ0v) is 15.2. The van der Waals surface area contributed by atoms with E-state index in [9.17, 15) is 18.0 Å². The van der Waals surface area contributed by atoms with E-state index in [2.05, 4.69) is 4.98 Å². The van der Waals surface area contributed by atoms with Gasteiger partial charge in [0.05, 0.1) is 17.9 Å². The first kappa shape index (κ1) is 17.7. The smallest absolute Gasteiger partial charge is 0.251 e. The van der Waals surface area contributed by atoms with Crippen molar-refractivity contribution in [1.82, 2.24) is 9.88 Å². The molecule has 7 heteroatoms. The van der Waals surface area contributed by atoms with Gasteiger partial charge in [0.15, 0.2) is 9.84 Å². The molecule has 1 fully saturated rings. The number of benzene rings is 1. The lowest BCUT2D eigenvalue weighted by Crippen LogP contribution is -2.41. The number of carbonyl (C=O) groups excluding carboxylic acids is 1. The number of sulfone groups is 1. The Morgan fingerprint density at radius 3 is 2.72 bits per heavy atom. The lowest BCUT2D eigenvalue weighted by molar-refractivity contribution is -0.132. The summed E-state index contributed by atoms with van der Waals surface area (Å²) in [6.07, 6.45) is 0.735. The van der Waals surface area contributed by atoms with Gasteiger partial charge in [0, 0.05) is 23.7 Å². The van der Waals surface area contributed by atoms with Gasteiger partial charge in [0.1, 0.15) is 0 Å². The zero-order valence-electron chi connectivity index (χ0n) is 14.4. The molecule has 2 heterocycles. The molecule has 2 aromatic rings. The standard InChI is InChI=1S/C18H22N2O4S/c1-3-20(15-6-7-25(23,24)11-15)17(21)10-13-4-5-16-14(9-13)8-12(2)18(22)19-16/h4-5,8-9,15H,3,6-7,10-11H2,1-2H3,(H,19,22). The third-order valence-corrected chi connectivity index (χ3v) is 6.51. The Morgan fingerprint density at radius 2 is 2.08 bits per heavy atom. The second kappa shape index (κ2) is 6.63. The highest BCUT2D eigenvalue weighted by molar-refractivity contribution is 7.91. The largest absolute Gasteiger partial charge is 0.339 e. The van der Waals surface area contributed by atoms with E-state index in [1.165, 1.54) is 0 Å². The number of carbonyl (C=O) groups is 1. The summed E-state index contributed by atoms with van der Waals surface area (Å²) in [5.74, 6) is 0.152. The van der Waals surface area contributed by atoms with Gasteiger partial charge in [-0.15, -0.1) is 0 Å². The van der Waals surface area contributed by atoms with Crippen LogP contribution in [0.1, 0.15) is 24.5 Å². The van der Waals surface area contributed by atoms with Crippen molar-refractivity contribution >= 4 is 26.6 Å². The lowest BCUT2D eigenvalue weighted by atomic mass is 10.1. The average molecular weight is 362 g/mol. The minimum Gasteiger partial charge on any atom is -0.339 e. The molecule has 0 spiro atoms. The van der Waals surface area contributed by atoms with Crippen molar-refractivity contribution in [3.8, 4) is 0 Å². The summed E-state index contributed by atoms with van der Waals surface area (Å²) in [4.78, 5) is 28.8. The number of aromatic nitrogens is 1. The molecule has 1 amide bonds. The maximum Gasteiger partial charge on any atom is 0.251 e. The fourth-order valence-electron chi connectivity index (χ4n) is 3.41. The van der Waals surface area contributed by atoms with Crippen molar-refractivity contribution in [2.75, 3.05) is 18.1 Å². The molecule has 0 saturated carbocycles. The molecule has 134 valence electrons. The van der Waals surface area contributed by atoms with Gasteiger partial charge in [-0.05, 0) is 49.4 Å². The number of aryl methyl sites for hydroxylation is 1. The Balaban J connectivity index is 1.81. The summed E-state index contributed by atoms with van der Waals surface area (Å²) >= 11 is 0. The molecule has 1 N–H and O–H groups in total. The summed E-state index contributed by atoms with van der Waals surface area (Å²) in [5, 5.41) is 0.883. The van der Waals surface area contributed by atoms with E-state index in [1.54, 1.807) is 17.9 Å². The second-order valence-corrected chi connectivity index (χ2v) is 8.85. The van der Waals surface area contributed by atoms with E-state index in [-0.39, 0.29) is 35.4 Å². The van der Waals surface area contributed by atoms with Crippen molar-refractivity contribution in [3.05, 3.63) is 45.7 Å². The van der Waals surface area contributed by atoms with Gasteiger partial charge in [-0.3, -0.25) is 9.59 Å². The minimum absolute atomic E-state index is 0.0602. The van der Waals surface area contributed by atoms with Crippen molar-refractivity contribution < 1.29 is 13.2 Å². The SMILES string of the molecule is CCN(C(=O)Cc1ccc2[nH]c(=O)c(C)cc2c1)C1CCS(=O)(=O)C1. The number of rotatable bonds is 4. The van der Waals surface area contributed by atoms with Crippen LogP contribution in [0.25, 0.3) is 10.9 Å². The van der Waals surface area contributed by atoms with Crippen LogP contribution in [0.4, 0.5) is 0 Å². The van der Waals surface area contributed by atoms with Gasteiger partial charge >= 0.3 is 0 Å². The summed E-state index contributed by atoms with van der Waals surface area (Å²) < 4.78 is 23.4. The monoisotopic (exact) mass is 362 g/mol. The topological polar surface area (TPSA) is 87.3 Å². The Kier molecular flexibility index (Phi) is 4.69. The van der Waals surface area contributed by atoms with E-state index < -0.39 is 9.84 Å². The molecule has 3 rings (SSSR count). The van der Waals surface area contributed by atoms with Crippen LogP contribution in [0, 0.1) is 6.92 Å². The first-order valence-electron chi connectivity index (χ1n) is 8.41. The lowest BCUT2D eigenvalue weighted by Gasteiger charge is -2.27. The highest BCUT2D eigenvalue weighted by Gasteiger charge is 2.33. The van der Waals surface area contributed by atoms with Crippen LogP contribution in [0.15, 0.2) is 29.1 Å². The fourth-order valence-corrected chi connectivity index (χ4v) is 5.14. The molecule has 0 radical (unpaired) electrons. The predicted molar refractivity (Wildman–Crippen MR) is 97.5 cm³/mol. The number of amides is 1. The number of pyridine rings is 1. The van der Waals surface area contributed by atoms with Gasteiger partial charge in [-0.1, -0.05) is 6.07 Å². The first-order chi connectivity index (χ1) is 11.8. The van der Waals surface area contributed by atoms with Crippen LogP contribution in [0.2, 0.25) is 0 Å². The molecule has 1 atom stereocenters. The van der Waals surface area contributed by atoms with E-state index >= 15 is 0 Å². The summed E-state index contributed by atoms with van der Waals surface area (Å²) in [6.45, 7) is 4.12. The van der Waals surface area contributed by atoms with E-state index in [0.29, 0.717) is 18.5 Å². The number of likely N-dealkylation sites (N-methyl/N-ethyl adjacent to an activating group) is 1. The number of nitrogens with one attached hydrogen (secondary N) is 1. The maximum atomic E-state index is 12.7. The van der Waals surface area contributed by atoms with Gasteiger partial charge in [0.25, 0.3) is 5.56 Å². The van der Waals surface area contributed by atoms with E-state index in [4.69, 9.17) is 0 Å². The average Bonchev–Trinajstić information content (AvgIpc) is 2.89. The van der Waals surface area contributed by atoms with Gasteiger partial charge in [0.2, 0.25) is 5.91 Å². The van der Waals surface area contributed by atoms with Crippen molar-refractivity contribution in [2.24, 2.45) is 0 Å². The molecule has 1 unspecified atom stereocenters. The molecule has 1 saturated heterocycles. The number of hydrogen-bond donors (Lipinski definition) is 1. The van der Waals surface area contributed by atoms with E-state index in [0.717, 1.165) is 16.5 Å². The van der Waals surface area contributed by atoms with Crippen LogP contribution in [0.5, 0.6) is 0 Å². The minimum atomic E-state index is -3.02. The highest BCUT2D eigenvalue weighted by Crippen LogP contribution is 2.20. The molecular formula is C18H22N2O4S. The summed E-state index contributed by atoms with van der Waals surface area (Å²) in [5.41, 5.74) is 2.10. The Bertz CT molecular complexity index is 978. The van der Waals surface area contributed by atoms with Crippen LogP contribution in [-0.4, -0.2) is 48.3 Å². The normalized spacial score (nSPS) is 19.2. The molecule has 25 heavy (non-hydrogen) atoms. The van der Waals surface area contributed by atoms with Gasteiger partial charge < -0.3 is 9.88 Å². The maximum absolute atomic E-state index is 12.7. The Labute approximate surface area is 146 Å². The van der Waals surface area contributed by atoms with Gasteiger partial charge in [-0.25, -0.2) is 8.42 Å². The zero-order chi connectivity index (χ0) is 18.2. The molecule has 0 bridgehead atoms. The second-order valence-electron chi connectivity index (χ2n) is 6.62. The number of hydrogen-bond acceptors (Lipinski definition) is 4. The quantitative estimate of drug-likeness (QED) is 0.891. The molecular weight excluding hydrogens is 340 g/mol. The predicted octanol–water partition coefficient (Wildman–Crippen LogP) is 1.41. The molecule has 1 aromatic heterocycles.